The van der Waals surface area contributed by atoms with Crippen LogP contribution in [0.4, 0.5) is 0 Å². The molecule has 0 saturated carbocycles. The van der Waals surface area contributed by atoms with Gasteiger partial charge in [-0.2, -0.15) is 0 Å². The average Bonchev–Trinajstić information content (AvgIpc) is 2.28. The minimum atomic E-state index is 0.140. The lowest BCUT2D eigenvalue weighted by molar-refractivity contribution is -0.115. The fourth-order valence-electron chi connectivity index (χ4n) is 1.65. The molecule has 0 N–H and O–H groups in total. The number of alkyl halides is 2. The highest BCUT2D eigenvalue weighted by Crippen LogP contribution is 2.34. The highest BCUT2D eigenvalue weighted by atomic mass is 79.9. The Kier molecular flexibility index (Phi) is 5.45. The van der Waals surface area contributed by atoms with Crippen LogP contribution in [0, 0.1) is 11.3 Å². The molecule has 0 atom stereocenters. The number of hydrogen-bond donors (Lipinski definition) is 0. The van der Waals surface area contributed by atoms with Crippen molar-refractivity contribution >= 4 is 37.6 Å². The molecule has 0 heterocycles. The van der Waals surface area contributed by atoms with E-state index in [9.17, 15) is 4.79 Å². The summed E-state index contributed by atoms with van der Waals surface area (Å²) in [5, 5.41) is 1.84. The molecule has 0 radical (unpaired) electrons. The molecule has 90 valence electrons. The molecule has 0 saturated heterocycles. The number of allylic oxidation sites excluding steroid dienone is 4. The molecule has 1 rings (SSSR count). The monoisotopic (exact) mass is 348 g/mol. The highest BCUT2D eigenvalue weighted by Gasteiger charge is 2.27. The molecule has 0 aliphatic heterocycles. The summed E-state index contributed by atoms with van der Waals surface area (Å²) in [6, 6.07) is 0. The maximum Gasteiger partial charge on any atom is 0.162 e. The van der Waals surface area contributed by atoms with Gasteiger partial charge in [-0.15, -0.1) is 0 Å². The van der Waals surface area contributed by atoms with Crippen LogP contribution in [0.25, 0.3) is 0 Å². The van der Waals surface area contributed by atoms with Crippen molar-refractivity contribution in [3.05, 3.63) is 23.8 Å². The van der Waals surface area contributed by atoms with Crippen LogP contribution >= 0.6 is 31.9 Å². The second-order valence-corrected chi connectivity index (χ2v) is 5.97. The topological polar surface area (TPSA) is 17.1 Å². The second kappa shape index (κ2) is 6.15. The molecule has 1 nitrogen and oxygen atoms in total. The molecule has 0 aromatic carbocycles. The van der Waals surface area contributed by atoms with Crippen molar-refractivity contribution < 1.29 is 4.79 Å². The Hall–Kier alpha value is 0.110. The van der Waals surface area contributed by atoms with Gasteiger partial charge in [0.2, 0.25) is 0 Å². The minimum Gasteiger partial charge on any atom is -0.294 e. The summed E-state index contributed by atoms with van der Waals surface area (Å²) < 4.78 is 0. The van der Waals surface area contributed by atoms with E-state index < -0.39 is 0 Å². The van der Waals surface area contributed by atoms with Crippen LogP contribution in [0.15, 0.2) is 23.8 Å². The van der Waals surface area contributed by atoms with Gasteiger partial charge in [0.15, 0.2) is 5.78 Å². The van der Waals surface area contributed by atoms with Crippen LogP contribution in [0.3, 0.4) is 0 Å². The van der Waals surface area contributed by atoms with E-state index >= 15 is 0 Å². The Labute approximate surface area is 115 Å². The van der Waals surface area contributed by atoms with E-state index in [1.165, 1.54) is 0 Å². The average molecular weight is 350 g/mol. The summed E-state index contributed by atoms with van der Waals surface area (Å²) >= 11 is 7.06. The third-order valence-electron chi connectivity index (χ3n) is 2.79. The lowest BCUT2D eigenvalue weighted by atomic mass is 9.82. The largest absolute Gasteiger partial charge is 0.294 e. The molecular formula is C13H18Br2O. The van der Waals surface area contributed by atoms with E-state index in [1.54, 1.807) is 0 Å². The maximum absolute atomic E-state index is 11.9. The third kappa shape index (κ3) is 3.56. The number of halogens is 2. The molecule has 0 bridgehead atoms. The molecule has 3 heteroatoms. The van der Waals surface area contributed by atoms with Crippen molar-refractivity contribution in [1.29, 1.82) is 0 Å². The van der Waals surface area contributed by atoms with E-state index in [-0.39, 0.29) is 11.2 Å². The number of ketones is 1. The van der Waals surface area contributed by atoms with Gasteiger partial charge in [-0.1, -0.05) is 63.9 Å². The van der Waals surface area contributed by atoms with Crippen LogP contribution in [0.2, 0.25) is 0 Å². The zero-order chi connectivity index (χ0) is 12.2. The Morgan fingerprint density at radius 3 is 2.44 bits per heavy atom. The Bertz CT molecular complexity index is 312. The van der Waals surface area contributed by atoms with Crippen molar-refractivity contribution in [3.8, 4) is 0 Å². The van der Waals surface area contributed by atoms with Crippen LogP contribution in [0.5, 0.6) is 0 Å². The fraction of sp³-hybridized carbons (Fsp3) is 0.615. The summed E-state index contributed by atoms with van der Waals surface area (Å²) in [5.74, 6) is 0.699. The van der Waals surface area contributed by atoms with Crippen LogP contribution in [0.1, 0.15) is 26.7 Å². The first kappa shape index (κ1) is 14.2. The highest BCUT2D eigenvalue weighted by molar-refractivity contribution is 9.09. The van der Waals surface area contributed by atoms with Crippen LogP contribution in [-0.4, -0.2) is 16.4 Å². The van der Waals surface area contributed by atoms with Gasteiger partial charge in [0.05, 0.1) is 0 Å². The number of carbonyl (C=O) groups excluding carboxylic acids is 1. The standard InChI is InChI=1S/C13H18Br2O/c1-10(2)7-12(16)11-3-5-13(8-14,9-15)6-4-11/h3-5,10H,6-9H2,1-2H3. The van der Waals surface area contributed by atoms with Gasteiger partial charge in [0.1, 0.15) is 0 Å². The van der Waals surface area contributed by atoms with Gasteiger partial charge in [0, 0.05) is 28.1 Å². The van der Waals surface area contributed by atoms with Gasteiger partial charge >= 0.3 is 0 Å². The number of rotatable bonds is 5. The van der Waals surface area contributed by atoms with Crippen molar-refractivity contribution in [1.82, 2.24) is 0 Å². The Morgan fingerprint density at radius 2 is 2.06 bits per heavy atom. The summed E-state index contributed by atoms with van der Waals surface area (Å²) in [6.07, 6.45) is 7.79. The predicted molar refractivity (Wildman–Crippen MR) is 76.3 cm³/mol. The molecule has 0 spiro atoms. The lowest BCUT2D eigenvalue weighted by Gasteiger charge is -2.28. The van der Waals surface area contributed by atoms with Gasteiger partial charge < -0.3 is 0 Å². The van der Waals surface area contributed by atoms with Gasteiger partial charge in [-0.3, -0.25) is 4.79 Å². The quantitative estimate of drug-likeness (QED) is 0.677. The zero-order valence-electron chi connectivity index (χ0n) is 9.80. The summed E-state index contributed by atoms with van der Waals surface area (Å²) in [5.41, 5.74) is 1.02. The summed E-state index contributed by atoms with van der Waals surface area (Å²) in [7, 11) is 0. The number of carbonyl (C=O) groups is 1. The van der Waals surface area contributed by atoms with Gasteiger partial charge in [-0.25, -0.2) is 0 Å². The second-order valence-electron chi connectivity index (χ2n) is 4.85. The third-order valence-corrected chi connectivity index (χ3v) is 5.03. The van der Waals surface area contributed by atoms with Crippen molar-refractivity contribution in [2.75, 3.05) is 10.7 Å². The molecule has 0 fully saturated rings. The van der Waals surface area contributed by atoms with Gasteiger partial charge in [-0.05, 0) is 12.3 Å². The van der Waals surface area contributed by atoms with Crippen molar-refractivity contribution in [2.24, 2.45) is 11.3 Å². The van der Waals surface area contributed by atoms with Crippen LogP contribution < -0.4 is 0 Å². The molecule has 0 amide bonds. The molecule has 1 aliphatic carbocycles. The first-order valence-electron chi connectivity index (χ1n) is 5.57. The van der Waals surface area contributed by atoms with E-state index in [1.807, 2.05) is 6.08 Å². The molecular weight excluding hydrogens is 332 g/mol. The molecule has 0 unspecified atom stereocenters. The lowest BCUT2D eigenvalue weighted by Crippen LogP contribution is -2.24. The van der Waals surface area contributed by atoms with E-state index in [0.29, 0.717) is 12.3 Å². The number of hydrogen-bond acceptors (Lipinski definition) is 1. The van der Waals surface area contributed by atoms with Crippen LogP contribution in [-0.2, 0) is 4.79 Å². The number of Topliss-reactive ketones (excluding diaryl/α,β-unsaturated/α-hetero) is 1. The molecule has 0 aromatic rings. The fourth-order valence-corrected chi connectivity index (χ4v) is 3.41. The van der Waals surface area contributed by atoms with E-state index in [2.05, 4.69) is 57.9 Å². The maximum atomic E-state index is 11.9. The van der Waals surface area contributed by atoms with E-state index in [4.69, 9.17) is 0 Å². The first-order valence-corrected chi connectivity index (χ1v) is 7.82. The first-order chi connectivity index (χ1) is 7.53. The van der Waals surface area contributed by atoms with Gasteiger partial charge in [0.25, 0.3) is 0 Å². The molecule has 16 heavy (non-hydrogen) atoms. The summed E-state index contributed by atoms with van der Waals surface area (Å²) in [6.45, 7) is 4.15. The Morgan fingerprint density at radius 1 is 1.44 bits per heavy atom. The van der Waals surface area contributed by atoms with Crippen molar-refractivity contribution in [2.45, 2.75) is 26.7 Å². The normalized spacial score (nSPS) is 18.7. The smallest absolute Gasteiger partial charge is 0.162 e. The summed E-state index contributed by atoms with van der Waals surface area (Å²) in [4.78, 5) is 11.9. The minimum absolute atomic E-state index is 0.140. The zero-order valence-corrected chi connectivity index (χ0v) is 13.0. The predicted octanol–water partition coefficient (Wildman–Crippen LogP) is 4.26. The van der Waals surface area contributed by atoms with Crippen molar-refractivity contribution in [3.63, 3.8) is 0 Å². The van der Waals surface area contributed by atoms with E-state index in [0.717, 1.165) is 22.7 Å². The molecule has 1 aliphatic rings. The molecule has 0 aromatic heterocycles. The SMILES string of the molecule is CC(C)CC(=O)C1=CCC(CBr)(CBr)C=C1. The Balaban J connectivity index is 2.67.